The number of primary amides is 1. The molecule has 35 heavy (non-hydrogen) atoms. The molecule has 5 unspecified atom stereocenters. The van der Waals surface area contributed by atoms with Crippen LogP contribution in [0.15, 0.2) is 33.6 Å². The summed E-state index contributed by atoms with van der Waals surface area (Å²) in [4.78, 5) is 38.1. The number of esters is 1. The average Bonchev–Trinajstić information content (AvgIpc) is 3.49. The molecular formula is C25H35BrN2O6S. The van der Waals surface area contributed by atoms with Crippen LogP contribution in [0, 0.1) is 11.8 Å². The van der Waals surface area contributed by atoms with Gasteiger partial charge in [-0.1, -0.05) is 48.0 Å². The molecule has 2 aliphatic rings. The topological polar surface area (TPSA) is 116 Å². The van der Waals surface area contributed by atoms with Gasteiger partial charge in [0.1, 0.15) is 6.04 Å². The summed E-state index contributed by atoms with van der Waals surface area (Å²) in [6, 6.07) is 6.23. The molecule has 0 aromatic heterocycles. The van der Waals surface area contributed by atoms with Crippen LogP contribution in [0.3, 0.4) is 0 Å². The van der Waals surface area contributed by atoms with Crippen molar-refractivity contribution >= 4 is 44.8 Å². The first-order chi connectivity index (χ1) is 16.8. The van der Waals surface area contributed by atoms with Crippen molar-refractivity contribution in [3.8, 4) is 0 Å². The number of carbonyl (C=O) groups is 3. The fraction of sp³-hybridized carbons (Fsp3) is 0.640. The van der Waals surface area contributed by atoms with E-state index in [0.717, 1.165) is 55.8 Å². The van der Waals surface area contributed by atoms with Crippen molar-refractivity contribution in [2.75, 3.05) is 13.7 Å². The molecule has 1 saturated carbocycles. The first-order valence-corrected chi connectivity index (χ1v) is 14.2. The van der Waals surface area contributed by atoms with Crippen molar-refractivity contribution in [2.24, 2.45) is 17.6 Å². The van der Waals surface area contributed by atoms with Crippen LogP contribution >= 0.6 is 15.9 Å². The first kappa shape index (κ1) is 27.8. The number of nitrogens with zero attached hydrogens (tertiary/aromatic N) is 1. The Morgan fingerprint density at radius 3 is 2.37 bits per heavy atom. The molecule has 5 atom stereocenters. The Morgan fingerprint density at radius 1 is 1.06 bits per heavy atom. The van der Waals surface area contributed by atoms with Crippen LogP contribution in [-0.4, -0.2) is 52.7 Å². The third kappa shape index (κ3) is 8.39. The Labute approximate surface area is 218 Å². The second kappa shape index (κ2) is 13.5. The van der Waals surface area contributed by atoms with Crippen molar-refractivity contribution in [1.82, 2.24) is 4.90 Å². The van der Waals surface area contributed by atoms with E-state index in [0.29, 0.717) is 17.2 Å². The van der Waals surface area contributed by atoms with Gasteiger partial charge < -0.3 is 15.4 Å². The molecule has 194 valence electrons. The highest BCUT2D eigenvalue weighted by molar-refractivity contribution is 9.10. The van der Waals surface area contributed by atoms with E-state index in [1.807, 2.05) is 0 Å². The Hall–Kier alpha value is -1.78. The average molecular weight is 572 g/mol. The van der Waals surface area contributed by atoms with Crippen molar-refractivity contribution in [2.45, 2.75) is 81.2 Å². The largest absolute Gasteiger partial charge is 0.469 e. The zero-order valence-electron chi connectivity index (χ0n) is 20.2. The fourth-order valence-electron chi connectivity index (χ4n) is 4.68. The molecule has 2 fully saturated rings. The number of nitrogens with two attached hydrogens (primary N) is 1. The number of carbonyl (C=O) groups excluding carboxylic acids is 3. The molecule has 1 aromatic rings. The molecule has 0 spiro atoms. The predicted octanol–water partition coefficient (Wildman–Crippen LogP) is 3.87. The molecule has 8 nitrogen and oxygen atoms in total. The van der Waals surface area contributed by atoms with Gasteiger partial charge in [-0.25, -0.2) is 4.21 Å². The monoisotopic (exact) mass is 570 g/mol. The van der Waals surface area contributed by atoms with Gasteiger partial charge in [0.05, 0.1) is 24.0 Å². The summed E-state index contributed by atoms with van der Waals surface area (Å²) in [6.45, 7) is 0.211. The van der Waals surface area contributed by atoms with Gasteiger partial charge in [-0.2, -0.15) is 0 Å². The summed E-state index contributed by atoms with van der Waals surface area (Å²) in [5.74, 6) is -0.140. The second-order valence-corrected chi connectivity index (χ2v) is 11.4. The maximum atomic E-state index is 12.8. The van der Waals surface area contributed by atoms with Crippen molar-refractivity contribution < 1.29 is 27.5 Å². The zero-order chi connectivity index (χ0) is 25.4. The van der Waals surface area contributed by atoms with Gasteiger partial charge in [-0.05, 0) is 49.4 Å². The molecule has 2 amide bonds. The normalized spacial score (nSPS) is 24.2. The molecule has 0 radical (unpaired) electrons. The van der Waals surface area contributed by atoms with Crippen LogP contribution in [0.25, 0.3) is 0 Å². The van der Waals surface area contributed by atoms with Crippen LogP contribution in [0.1, 0.15) is 64.2 Å². The van der Waals surface area contributed by atoms with Gasteiger partial charge >= 0.3 is 5.97 Å². The smallest absolute Gasteiger partial charge is 0.308 e. The van der Waals surface area contributed by atoms with Crippen LogP contribution in [0.5, 0.6) is 0 Å². The maximum absolute atomic E-state index is 12.8. The second-order valence-electron chi connectivity index (χ2n) is 9.39. The number of unbranched alkanes of at least 4 members (excludes halogenated alkanes) is 5. The van der Waals surface area contributed by atoms with E-state index >= 15 is 0 Å². The van der Waals surface area contributed by atoms with E-state index in [9.17, 15) is 18.6 Å². The lowest BCUT2D eigenvalue weighted by Gasteiger charge is -2.21. The Bertz CT molecular complexity index is 912. The lowest BCUT2D eigenvalue weighted by molar-refractivity contribution is -0.142. The molecule has 10 heteroatoms. The number of hydrogen-bond donors (Lipinski definition) is 1. The lowest BCUT2D eigenvalue weighted by atomic mass is 10.1. The summed E-state index contributed by atoms with van der Waals surface area (Å²) in [5, 5.41) is 0. The van der Waals surface area contributed by atoms with Crippen LogP contribution in [0.2, 0.25) is 0 Å². The molecule has 1 aromatic carbocycles. The summed E-state index contributed by atoms with van der Waals surface area (Å²) in [5.41, 5.74) is 5.53. The van der Waals surface area contributed by atoms with Crippen molar-refractivity contribution in [1.29, 1.82) is 0 Å². The van der Waals surface area contributed by atoms with Gasteiger partial charge in [-0.3, -0.25) is 18.6 Å². The third-order valence-corrected chi connectivity index (χ3v) is 8.42. The van der Waals surface area contributed by atoms with E-state index in [2.05, 4.69) is 15.9 Å². The number of hydrogen-bond acceptors (Lipinski definition) is 6. The lowest BCUT2D eigenvalue weighted by Crippen LogP contribution is -2.43. The minimum atomic E-state index is -1.69. The predicted molar refractivity (Wildman–Crippen MR) is 135 cm³/mol. The first-order valence-electron chi connectivity index (χ1n) is 12.3. The quantitative estimate of drug-likeness (QED) is 0.268. The molecule has 2 N–H and O–H groups in total. The Morgan fingerprint density at radius 2 is 1.71 bits per heavy atom. The van der Waals surface area contributed by atoms with Crippen molar-refractivity contribution in [3.63, 3.8) is 0 Å². The summed E-state index contributed by atoms with van der Waals surface area (Å²) in [7, 11) is 1.44. The minimum Gasteiger partial charge on any atom is -0.469 e. The van der Waals surface area contributed by atoms with E-state index in [1.165, 1.54) is 12.0 Å². The van der Waals surface area contributed by atoms with E-state index in [1.54, 1.807) is 24.3 Å². The number of rotatable bonds is 14. The van der Waals surface area contributed by atoms with Crippen molar-refractivity contribution in [3.05, 3.63) is 28.7 Å². The SMILES string of the molecule is COC(=O)C1CC1CCCCCCCCC(=O)N1CC(OS(=O)c2ccc(Br)cc2)CC1C(N)=O. The number of ether oxygens (including phenoxy) is 1. The summed E-state index contributed by atoms with van der Waals surface area (Å²) in [6.07, 6.45) is 8.25. The highest BCUT2D eigenvalue weighted by Gasteiger charge is 2.43. The van der Waals surface area contributed by atoms with Gasteiger partial charge in [-0.15, -0.1) is 0 Å². The highest BCUT2D eigenvalue weighted by atomic mass is 79.9. The Balaban J connectivity index is 1.32. The van der Waals surface area contributed by atoms with Gasteiger partial charge in [0.15, 0.2) is 11.1 Å². The summed E-state index contributed by atoms with van der Waals surface area (Å²) < 4.78 is 23.8. The maximum Gasteiger partial charge on any atom is 0.308 e. The van der Waals surface area contributed by atoms with E-state index in [-0.39, 0.29) is 30.8 Å². The van der Waals surface area contributed by atoms with Gasteiger partial charge in [0, 0.05) is 23.9 Å². The van der Waals surface area contributed by atoms with Crippen LogP contribution < -0.4 is 5.73 Å². The van der Waals surface area contributed by atoms with Crippen LogP contribution in [-0.2, 0) is 34.4 Å². The molecule has 1 saturated heterocycles. The molecule has 3 rings (SSSR count). The molecule has 1 heterocycles. The van der Waals surface area contributed by atoms with E-state index < -0.39 is 29.1 Å². The highest BCUT2D eigenvalue weighted by Crippen LogP contribution is 2.43. The van der Waals surface area contributed by atoms with Crippen LogP contribution in [0.4, 0.5) is 0 Å². The summed E-state index contributed by atoms with van der Waals surface area (Å²) >= 11 is 1.65. The third-order valence-electron chi connectivity index (χ3n) is 6.78. The molecule has 1 aliphatic heterocycles. The molecular weight excluding hydrogens is 536 g/mol. The minimum absolute atomic E-state index is 0.0769. The number of methoxy groups -OCH3 is 1. The van der Waals surface area contributed by atoms with Gasteiger partial charge in [0.25, 0.3) is 0 Å². The number of halogens is 1. The zero-order valence-corrected chi connectivity index (χ0v) is 22.6. The number of amides is 2. The number of benzene rings is 1. The molecule has 0 bridgehead atoms. The van der Waals surface area contributed by atoms with Gasteiger partial charge in [0.2, 0.25) is 11.8 Å². The molecule has 1 aliphatic carbocycles. The standard InChI is InChI=1S/C25H35BrN2O6S/c1-33-25(31)21-14-17(21)8-6-4-2-3-5-7-9-23(29)28-16-19(15-22(28)24(27)30)34-35(32)20-12-10-18(26)11-13-20/h10-13,17,19,21-22H,2-9,14-16H2,1H3,(H2,27,30). The van der Waals surface area contributed by atoms with E-state index in [4.69, 9.17) is 14.7 Å². The fourth-order valence-corrected chi connectivity index (χ4v) is 5.80. The number of likely N-dealkylation sites (tertiary alicyclic amines) is 1. The Kier molecular flexibility index (Phi) is 10.7.